The molecule has 0 aliphatic heterocycles. The standard InChI is InChI=1S/C13H18ClNO5S/c1-9(2)5-4-6-20-13-10(3)7-11(15(16)17)8-12(13)21(14,18)19/h7-9H,4-6H2,1-3H3. The van der Waals surface area contributed by atoms with Crippen LogP contribution in [0.15, 0.2) is 17.0 Å². The van der Waals surface area contributed by atoms with E-state index in [9.17, 15) is 18.5 Å². The number of rotatable bonds is 7. The summed E-state index contributed by atoms with van der Waals surface area (Å²) < 4.78 is 28.7. The lowest BCUT2D eigenvalue weighted by molar-refractivity contribution is -0.385. The number of halogens is 1. The number of nitrogens with zero attached hydrogens (tertiary/aromatic N) is 1. The number of nitro benzene ring substituents is 1. The van der Waals surface area contributed by atoms with Crippen LogP contribution in [0.2, 0.25) is 0 Å². The lowest BCUT2D eigenvalue weighted by Crippen LogP contribution is -2.06. The van der Waals surface area contributed by atoms with E-state index < -0.39 is 14.0 Å². The summed E-state index contributed by atoms with van der Waals surface area (Å²) in [4.78, 5) is 9.78. The fourth-order valence-corrected chi connectivity index (χ4v) is 2.91. The molecule has 0 fully saturated rings. The fourth-order valence-electron chi connectivity index (χ4n) is 1.86. The first-order chi connectivity index (χ1) is 9.62. The second-order valence-electron chi connectivity index (χ2n) is 5.17. The van der Waals surface area contributed by atoms with Crippen LogP contribution in [0.25, 0.3) is 0 Å². The maximum atomic E-state index is 11.6. The summed E-state index contributed by atoms with van der Waals surface area (Å²) in [6.45, 7) is 6.03. The number of aryl methyl sites for hydroxylation is 1. The van der Waals surface area contributed by atoms with Gasteiger partial charge in [-0.3, -0.25) is 10.1 Å². The van der Waals surface area contributed by atoms with Crippen molar-refractivity contribution in [2.24, 2.45) is 5.92 Å². The van der Waals surface area contributed by atoms with Crippen molar-refractivity contribution in [3.63, 3.8) is 0 Å². The highest BCUT2D eigenvalue weighted by molar-refractivity contribution is 8.13. The van der Waals surface area contributed by atoms with E-state index in [-0.39, 0.29) is 16.3 Å². The monoisotopic (exact) mass is 335 g/mol. The van der Waals surface area contributed by atoms with Gasteiger partial charge in [0.15, 0.2) is 0 Å². The Hall–Kier alpha value is -1.34. The highest BCUT2D eigenvalue weighted by Gasteiger charge is 2.23. The van der Waals surface area contributed by atoms with Gasteiger partial charge in [-0.25, -0.2) is 8.42 Å². The van der Waals surface area contributed by atoms with Crippen molar-refractivity contribution < 1.29 is 18.1 Å². The number of nitro groups is 1. The zero-order valence-corrected chi connectivity index (χ0v) is 13.7. The number of non-ortho nitro benzene ring substituents is 1. The van der Waals surface area contributed by atoms with Gasteiger partial charge in [-0.05, 0) is 31.2 Å². The van der Waals surface area contributed by atoms with Crippen LogP contribution in [0, 0.1) is 23.0 Å². The molecular weight excluding hydrogens is 318 g/mol. The highest BCUT2D eigenvalue weighted by atomic mass is 35.7. The smallest absolute Gasteiger partial charge is 0.271 e. The normalized spacial score (nSPS) is 11.7. The van der Waals surface area contributed by atoms with Gasteiger partial charge < -0.3 is 4.74 Å². The molecule has 0 atom stereocenters. The largest absolute Gasteiger partial charge is 0.492 e. The van der Waals surface area contributed by atoms with Crippen molar-refractivity contribution in [2.75, 3.05) is 6.61 Å². The van der Waals surface area contributed by atoms with Crippen molar-refractivity contribution in [1.29, 1.82) is 0 Å². The van der Waals surface area contributed by atoms with Crippen LogP contribution in [0.4, 0.5) is 5.69 Å². The summed E-state index contributed by atoms with van der Waals surface area (Å²) in [7, 11) is 1.22. The molecule has 0 spiro atoms. The molecule has 1 rings (SSSR count). The Morgan fingerprint density at radius 3 is 2.48 bits per heavy atom. The molecule has 0 radical (unpaired) electrons. The third kappa shape index (κ3) is 5.17. The molecule has 6 nitrogen and oxygen atoms in total. The minimum Gasteiger partial charge on any atom is -0.492 e. The van der Waals surface area contributed by atoms with E-state index >= 15 is 0 Å². The van der Waals surface area contributed by atoms with Crippen molar-refractivity contribution >= 4 is 25.4 Å². The van der Waals surface area contributed by atoms with Gasteiger partial charge >= 0.3 is 0 Å². The molecule has 0 bridgehead atoms. The molecule has 1 aromatic rings. The Morgan fingerprint density at radius 1 is 1.38 bits per heavy atom. The Bertz CT molecular complexity index is 628. The van der Waals surface area contributed by atoms with Crippen LogP contribution < -0.4 is 4.74 Å². The summed E-state index contributed by atoms with van der Waals surface area (Å²) in [5.41, 5.74) is 0.0363. The predicted octanol–water partition coefficient (Wildman–Crippen LogP) is 3.65. The lowest BCUT2D eigenvalue weighted by atomic mass is 10.1. The maximum absolute atomic E-state index is 11.6. The molecule has 0 unspecified atom stereocenters. The topological polar surface area (TPSA) is 86.5 Å². The van der Waals surface area contributed by atoms with E-state index in [1.165, 1.54) is 6.07 Å². The third-order valence-electron chi connectivity index (χ3n) is 2.87. The number of ether oxygens (including phenoxy) is 1. The number of hydrogen-bond donors (Lipinski definition) is 0. The van der Waals surface area contributed by atoms with E-state index in [1.54, 1.807) is 6.92 Å². The zero-order valence-electron chi connectivity index (χ0n) is 12.1. The molecule has 0 N–H and O–H groups in total. The molecule has 1 aromatic carbocycles. The number of hydrogen-bond acceptors (Lipinski definition) is 5. The van der Waals surface area contributed by atoms with Crippen molar-refractivity contribution in [3.05, 3.63) is 27.8 Å². The van der Waals surface area contributed by atoms with Crippen LogP contribution in [0.5, 0.6) is 5.75 Å². The highest BCUT2D eigenvalue weighted by Crippen LogP contribution is 2.34. The Labute approximate surface area is 128 Å². The summed E-state index contributed by atoms with van der Waals surface area (Å²) in [6.07, 6.45) is 1.70. The van der Waals surface area contributed by atoms with Crippen LogP contribution in [-0.4, -0.2) is 19.9 Å². The van der Waals surface area contributed by atoms with Crippen LogP contribution in [-0.2, 0) is 9.05 Å². The van der Waals surface area contributed by atoms with Crippen LogP contribution >= 0.6 is 10.7 Å². The zero-order chi connectivity index (χ0) is 16.2. The fraction of sp³-hybridized carbons (Fsp3) is 0.538. The first-order valence-electron chi connectivity index (χ1n) is 6.49. The molecule has 0 aromatic heterocycles. The quantitative estimate of drug-likeness (QED) is 0.328. The van der Waals surface area contributed by atoms with Gasteiger partial charge in [-0.1, -0.05) is 13.8 Å². The maximum Gasteiger partial charge on any atom is 0.271 e. The Kier molecular flexibility index (Phi) is 5.98. The molecule has 118 valence electrons. The Balaban J connectivity index is 3.10. The minimum absolute atomic E-state index is 0.0827. The molecule has 21 heavy (non-hydrogen) atoms. The van der Waals surface area contributed by atoms with Crippen LogP contribution in [0.3, 0.4) is 0 Å². The van der Waals surface area contributed by atoms with Gasteiger partial charge in [0.2, 0.25) is 0 Å². The molecule has 0 aliphatic carbocycles. The van der Waals surface area contributed by atoms with Gasteiger partial charge in [-0.15, -0.1) is 0 Å². The molecule has 0 saturated heterocycles. The van der Waals surface area contributed by atoms with Crippen molar-refractivity contribution in [3.8, 4) is 5.75 Å². The average molecular weight is 336 g/mol. The first-order valence-corrected chi connectivity index (χ1v) is 8.80. The third-order valence-corrected chi connectivity index (χ3v) is 4.20. The lowest BCUT2D eigenvalue weighted by Gasteiger charge is -2.13. The molecule has 0 amide bonds. The van der Waals surface area contributed by atoms with E-state index in [0.29, 0.717) is 18.1 Å². The van der Waals surface area contributed by atoms with Crippen LogP contribution in [0.1, 0.15) is 32.3 Å². The van der Waals surface area contributed by atoms with E-state index in [2.05, 4.69) is 13.8 Å². The van der Waals surface area contributed by atoms with E-state index in [0.717, 1.165) is 18.9 Å². The molecule has 0 aliphatic rings. The molecular formula is C13H18ClNO5S. The molecule has 8 heteroatoms. The van der Waals surface area contributed by atoms with Gasteiger partial charge in [0.05, 0.1) is 11.5 Å². The van der Waals surface area contributed by atoms with Crippen molar-refractivity contribution in [2.45, 2.75) is 38.5 Å². The van der Waals surface area contributed by atoms with E-state index in [4.69, 9.17) is 15.4 Å². The predicted molar refractivity (Wildman–Crippen MR) is 80.4 cm³/mol. The van der Waals surface area contributed by atoms with Crippen molar-refractivity contribution in [1.82, 2.24) is 0 Å². The summed E-state index contributed by atoms with van der Waals surface area (Å²) in [5.74, 6) is 0.599. The molecule has 0 saturated carbocycles. The summed E-state index contributed by atoms with van der Waals surface area (Å²) in [5, 5.41) is 10.8. The minimum atomic E-state index is -4.12. The molecule has 0 heterocycles. The second kappa shape index (κ2) is 7.09. The SMILES string of the molecule is Cc1cc([N+](=O)[O-])cc(S(=O)(=O)Cl)c1OCCCC(C)C. The summed E-state index contributed by atoms with van der Waals surface area (Å²) >= 11 is 0. The van der Waals surface area contributed by atoms with E-state index in [1.807, 2.05) is 0 Å². The summed E-state index contributed by atoms with van der Waals surface area (Å²) in [6, 6.07) is 2.19. The van der Waals surface area contributed by atoms with Gasteiger partial charge in [0.25, 0.3) is 14.7 Å². The second-order valence-corrected chi connectivity index (χ2v) is 7.70. The van der Waals surface area contributed by atoms with Gasteiger partial charge in [-0.2, -0.15) is 0 Å². The van der Waals surface area contributed by atoms with Gasteiger partial charge in [0, 0.05) is 22.8 Å². The average Bonchev–Trinajstić information content (AvgIpc) is 2.33. The first kappa shape index (κ1) is 17.7. The Morgan fingerprint density at radius 2 is 2.00 bits per heavy atom. The van der Waals surface area contributed by atoms with Gasteiger partial charge in [0.1, 0.15) is 10.6 Å². The number of benzene rings is 1.